The fraction of sp³-hybridized carbons (Fsp3) is 0.625. The van der Waals surface area contributed by atoms with E-state index in [0.29, 0.717) is 5.56 Å². The summed E-state index contributed by atoms with van der Waals surface area (Å²) >= 11 is 0. The maximum Gasteiger partial charge on any atom is 0.416 e. The zero-order valence-electron chi connectivity index (χ0n) is 12.8. The van der Waals surface area contributed by atoms with Crippen LogP contribution in [0.15, 0.2) is 24.3 Å². The molecule has 0 amide bonds. The first kappa shape index (κ1) is 18.0. The Balaban J connectivity index is 3.07. The van der Waals surface area contributed by atoms with E-state index in [1.54, 1.807) is 13.2 Å². The highest BCUT2D eigenvalue weighted by Crippen LogP contribution is 2.32. The summed E-state index contributed by atoms with van der Waals surface area (Å²) in [6, 6.07) is 5.27. The third-order valence-corrected chi connectivity index (χ3v) is 3.44. The van der Waals surface area contributed by atoms with Crippen LogP contribution >= 0.6 is 0 Å². The zero-order valence-corrected chi connectivity index (χ0v) is 12.8. The van der Waals surface area contributed by atoms with Crippen molar-refractivity contribution < 1.29 is 17.9 Å². The maximum atomic E-state index is 12.9. The highest BCUT2D eigenvalue weighted by Gasteiger charge is 2.31. The highest BCUT2D eigenvalue weighted by molar-refractivity contribution is 5.28. The lowest BCUT2D eigenvalue weighted by Crippen LogP contribution is -2.34. The van der Waals surface area contributed by atoms with Crippen LogP contribution in [0.3, 0.4) is 0 Å². The van der Waals surface area contributed by atoms with Gasteiger partial charge in [0.2, 0.25) is 0 Å². The van der Waals surface area contributed by atoms with Gasteiger partial charge in [-0.2, -0.15) is 13.2 Å². The molecule has 2 nitrogen and oxygen atoms in total. The number of ether oxygens (including phenoxy) is 1. The number of methoxy groups -OCH3 is 1. The molecule has 1 aromatic carbocycles. The smallest absolute Gasteiger partial charge is 0.379 e. The van der Waals surface area contributed by atoms with Crippen molar-refractivity contribution in [3.63, 3.8) is 0 Å². The average molecular weight is 303 g/mol. The molecule has 0 saturated carbocycles. The molecule has 0 aliphatic carbocycles. The molecule has 0 bridgehead atoms. The Kier molecular flexibility index (Phi) is 7.18. The molecule has 0 aromatic heterocycles. The fourth-order valence-electron chi connectivity index (χ4n) is 2.38. The van der Waals surface area contributed by atoms with Crippen LogP contribution in [0.1, 0.15) is 50.3 Å². The Labute approximate surface area is 124 Å². The first-order chi connectivity index (χ1) is 9.93. The second-order valence-electron chi connectivity index (χ2n) is 5.12. The molecule has 1 N–H and O–H groups in total. The van der Waals surface area contributed by atoms with Gasteiger partial charge in [0.05, 0.1) is 17.7 Å². The Morgan fingerprint density at radius 2 is 1.90 bits per heavy atom. The Morgan fingerprint density at radius 3 is 2.43 bits per heavy atom. The fourth-order valence-corrected chi connectivity index (χ4v) is 2.38. The molecule has 1 aromatic rings. The standard InChI is InChI=1S/C16H24F3NO/c1-4-7-14(21-3)15(20-10-5-2)12-8-6-9-13(11-12)16(17,18)19/h6,8-9,11,14-15,20H,4-5,7,10H2,1-3H3. The van der Waals surface area contributed by atoms with Crippen LogP contribution in [0.2, 0.25) is 0 Å². The van der Waals surface area contributed by atoms with Crippen molar-refractivity contribution in [2.75, 3.05) is 13.7 Å². The van der Waals surface area contributed by atoms with Gasteiger partial charge in [0.1, 0.15) is 0 Å². The van der Waals surface area contributed by atoms with E-state index in [2.05, 4.69) is 5.32 Å². The molecule has 21 heavy (non-hydrogen) atoms. The summed E-state index contributed by atoms with van der Waals surface area (Å²) in [5, 5.41) is 3.31. The minimum Gasteiger partial charge on any atom is -0.379 e. The SMILES string of the molecule is CCCNC(c1cccc(C(F)(F)F)c1)C(CCC)OC. The summed E-state index contributed by atoms with van der Waals surface area (Å²) in [4.78, 5) is 0. The van der Waals surface area contributed by atoms with Gasteiger partial charge in [-0.1, -0.05) is 32.4 Å². The van der Waals surface area contributed by atoms with Crippen molar-refractivity contribution in [2.24, 2.45) is 0 Å². The Hall–Kier alpha value is -1.07. The number of nitrogens with one attached hydrogen (secondary N) is 1. The number of hydrogen-bond donors (Lipinski definition) is 1. The summed E-state index contributed by atoms with van der Waals surface area (Å²) in [5.41, 5.74) is 0.00762. The minimum absolute atomic E-state index is 0.134. The molecule has 0 aliphatic rings. The topological polar surface area (TPSA) is 21.3 Å². The maximum absolute atomic E-state index is 12.9. The lowest BCUT2D eigenvalue weighted by atomic mass is 9.96. The number of hydrogen-bond acceptors (Lipinski definition) is 2. The summed E-state index contributed by atoms with van der Waals surface area (Å²) < 4.78 is 44.1. The molecular formula is C16H24F3NO. The first-order valence-corrected chi connectivity index (χ1v) is 7.37. The van der Waals surface area contributed by atoms with Gasteiger partial charge in [0.15, 0.2) is 0 Å². The summed E-state index contributed by atoms with van der Waals surface area (Å²) in [6.07, 6.45) is -1.82. The summed E-state index contributed by atoms with van der Waals surface area (Å²) in [7, 11) is 1.61. The minimum atomic E-state index is -4.32. The van der Waals surface area contributed by atoms with Crippen LogP contribution in [0, 0.1) is 0 Å². The molecule has 2 unspecified atom stereocenters. The van der Waals surface area contributed by atoms with Crippen molar-refractivity contribution >= 4 is 0 Å². The van der Waals surface area contributed by atoms with Gasteiger partial charge in [-0.25, -0.2) is 0 Å². The molecular weight excluding hydrogens is 279 g/mol. The molecule has 2 atom stereocenters. The van der Waals surface area contributed by atoms with E-state index in [0.717, 1.165) is 31.9 Å². The molecule has 0 radical (unpaired) electrons. The molecule has 0 heterocycles. The van der Waals surface area contributed by atoms with Crippen LogP contribution in [0.4, 0.5) is 13.2 Å². The predicted molar refractivity (Wildman–Crippen MR) is 78.2 cm³/mol. The molecule has 0 fully saturated rings. The predicted octanol–water partition coefficient (Wildman–Crippen LogP) is 4.56. The third kappa shape index (κ3) is 5.32. The van der Waals surface area contributed by atoms with Crippen LogP contribution in [-0.2, 0) is 10.9 Å². The van der Waals surface area contributed by atoms with E-state index in [1.165, 1.54) is 12.1 Å². The summed E-state index contributed by atoms with van der Waals surface area (Å²) in [5.74, 6) is 0. The van der Waals surface area contributed by atoms with Crippen LogP contribution in [-0.4, -0.2) is 19.8 Å². The van der Waals surface area contributed by atoms with Gasteiger partial charge in [0.25, 0.3) is 0 Å². The Bertz CT molecular complexity index is 420. The second-order valence-corrected chi connectivity index (χ2v) is 5.12. The summed E-state index contributed by atoms with van der Waals surface area (Å²) in [6.45, 7) is 4.80. The van der Waals surface area contributed by atoms with Gasteiger partial charge in [0, 0.05) is 7.11 Å². The third-order valence-electron chi connectivity index (χ3n) is 3.44. The van der Waals surface area contributed by atoms with Crippen LogP contribution < -0.4 is 5.32 Å². The van der Waals surface area contributed by atoms with Gasteiger partial charge < -0.3 is 10.1 Å². The normalized spacial score (nSPS) is 15.0. The molecule has 1 rings (SSSR count). The van der Waals surface area contributed by atoms with Crippen LogP contribution in [0.25, 0.3) is 0 Å². The van der Waals surface area contributed by atoms with Gasteiger partial charge >= 0.3 is 6.18 Å². The number of benzene rings is 1. The quantitative estimate of drug-likeness (QED) is 0.760. The van der Waals surface area contributed by atoms with Crippen molar-refractivity contribution in [1.29, 1.82) is 0 Å². The van der Waals surface area contributed by atoms with Gasteiger partial charge in [-0.3, -0.25) is 0 Å². The molecule has 0 saturated heterocycles. The highest BCUT2D eigenvalue weighted by atomic mass is 19.4. The van der Waals surface area contributed by atoms with Crippen molar-refractivity contribution in [1.82, 2.24) is 5.32 Å². The second kappa shape index (κ2) is 8.39. The monoisotopic (exact) mass is 303 g/mol. The molecule has 120 valence electrons. The van der Waals surface area contributed by atoms with E-state index < -0.39 is 11.7 Å². The van der Waals surface area contributed by atoms with E-state index in [1.807, 2.05) is 13.8 Å². The number of alkyl halides is 3. The first-order valence-electron chi connectivity index (χ1n) is 7.37. The lowest BCUT2D eigenvalue weighted by molar-refractivity contribution is -0.137. The van der Waals surface area contributed by atoms with E-state index >= 15 is 0 Å². The van der Waals surface area contributed by atoms with Crippen molar-refractivity contribution in [2.45, 2.75) is 51.4 Å². The van der Waals surface area contributed by atoms with Crippen LogP contribution in [0.5, 0.6) is 0 Å². The van der Waals surface area contributed by atoms with E-state index in [-0.39, 0.29) is 12.1 Å². The average Bonchev–Trinajstić information content (AvgIpc) is 2.46. The van der Waals surface area contributed by atoms with E-state index in [9.17, 15) is 13.2 Å². The molecule has 0 aliphatic heterocycles. The van der Waals surface area contributed by atoms with Gasteiger partial charge in [-0.05, 0) is 37.1 Å². The van der Waals surface area contributed by atoms with Gasteiger partial charge in [-0.15, -0.1) is 0 Å². The molecule has 0 spiro atoms. The van der Waals surface area contributed by atoms with E-state index in [4.69, 9.17) is 4.74 Å². The van der Waals surface area contributed by atoms with Crippen molar-refractivity contribution in [3.8, 4) is 0 Å². The Morgan fingerprint density at radius 1 is 1.19 bits per heavy atom. The lowest BCUT2D eigenvalue weighted by Gasteiger charge is -2.28. The zero-order chi connectivity index (χ0) is 15.9. The van der Waals surface area contributed by atoms with Crippen molar-refractivity contribution in [3.05, 3.63) is 35.4 Å². The number of rotatable bonds is 8. The molecule has 5 heteroatoms. The number of halogens is 3. The largest absolute Gasteiger partial charge is 0.416 e.